The molecular weight excluding hydrogens is 228 g/mol. The molecule has 4 nitrogen and oxygen atoms in total. The molecule has 18 heavy (non-hydrogen) atoms. The number of rotatable bonds is 4. The third kappa shape index (κ3) is 2.71. The van der Waals surface area contributed by atoms with Crippen LogP contribution in [0.15, 0.2) is 36.5 Å². The van der Waals surface area contributed by atoms with Crippen molar-refractivity contribution in [1.82, 2.24) is 4.98 Å². The number of hydrogen-bond donors (Lipinski definition) is 1. The maximum absolute atomic E-state index is 5.85. The molecule has 1 aromatic carbocycles. The quantitative estimate of drug-likeness (QED) is 0.840. The van der Waals surface area contributed by atoms with E-state index in [1.54, 1.807) is 13.3 Å². The second-order valence-corrected chi connectivity index (χ2v) is 4.00. The molecule has 0 atom stereocenters. The summed E-state index contributed by atoms with van der Waals surface area (Å²) in [6.07, 6.45) is 1.68. The number of aryl methyl sites for hydroxylation is 1. The Bertz CT molecular complexity index is 541. The van der Waals surface area contributed by atoms with E-state index < -0.39 is 0 Å². The smallest absolute Gasteiger partial charge is 0.219 e. The monoisotopic (exact) mass is 244 g/mol. The third-order valence-electron chi connectivity index (χ3n) is 2.60. The molecule has 0 spiro atoms. The summed E-state index contributed by atoms with van der Waals surface area (Å²) >= 11 is 0. The molecule has 4 heteroatoms. The Hall–Kier alpha value is -2.23. The minimum atomic E-state index is 0.380. The molecular formula is C14H16N2O2. The molecule has 0 amide bonds. The summed E-state index contributed by atoms with van der Waals surface area (Å²) in [5.41, 5.74) is 8.48. The first-order chi connectivity index (χ1) is 8.70. The molecule has 0 saturated carbocycles. The summed E-state index contributed by atoms with van der Waals surface area (Å²) < 4.78 is 10.9. The Morgan fingerprint density at radius 1 is 1.28 bits per heavy atom. The van der Waals surface area contributed by atoms with Gasteiger partial charge in [0.15, 0.2) is 0 Å². The van der Waals surface area contributed by atoms with Gasteiger partial charge in [0, 0.05) is 6.20 Å². The maximum Gasteiger partial charge on any atom is 0.219 e. The number of nitrogens with zero attached hydrogens (tertiary/aromatic N) is 1. The summed E-state index contributed by atoms with van der Waals surface area (Å²) in [4.78, 5) is 4.12. The molecule has 0 aliphatic heterocycles. The Kier molecular flexibility index (Phi) is 3.67. The fourth-order valence-electron chi connectivity index (χ4n) is 1.64. The van der Waals surface area contributed by atoms with Crippen LogP contribution in [0, 0.1) is 6.92 Å². The van der Waals surface area contributed by atoms with Crippen molar-refractivity contribution in [3.63, 3.8) is 0 Å². The summed E-state index contributed by atoms with van der Waals surface area (Å²) in [6, 6.07) is 9.47. The van der Waals surface area contributed by atoms with Crippen molar-refractivity contribution in [2.24, 2.45) is 0 Å². The van der Waals surface area contributed by atoms with Gasteiger partial charge in [-0.25, -0.2) is 4.98 Å². The van der Waals surface area contributed by atoms with Gasteiger partial charge in [-0.15, -0.1) is 0 Å². The van der Waals surface area contributed by atoms with Gasteiger partial charge in [-0.2, -0.15) is 0 Å². The van der Waals surface area contributed by atoms with Crippen LogP contribution in [0.4, 0.5) is 5.69 Å². The lowest BCUT2D eigenvalue weighted by Gasteiger charge is -2.11. The van der Waals surface area contributed by atoms with E-state index in [1.807, 2.05) is 37.3 Å². The molecule has 0 aliphatic carbocycles. The van der Waals surface area contributed by atoms with E-state index in [1.165, 1.54) is 0 Å². The number of methoxy groups -OCH3 is 1. The Labute approximate surface area is 106 Å². The number of nitrogen functional groups attached to an aromatic ring is 1. The standard InChI is InChI=1S/C14H16N2O2/c1-10-5-6-12(15)13(8-10)18-9-11-4-3-7-16-14(11)17-2/h3-8H,9,15H2,1-2H3. The predicted octanol–water partition coefficient (Wildman–Crippen LogP) is 2.56. The highest BCUT2D eigenvalue weighted by Gasteiger charge is 2.06. The lowest BCUT2D eigenvalue weighted by atomic mass is 10.2. The van der Waals surface area contributed by atoms with Crippen LogP contribution in [0.25, 0.3) is 0 Å². The number of ether oxygens (including phenoxy) is 2. The molecule has 1 heterocycles. The highest BCUT2D eigenvalue weighted by Crippen LogP contribution is 2.24. The van der Waals surface area contributed by atoms with Crippen LogP contribution in [-0.4, -0.2) is 12.1 Å². The molecule has 2 N–H and O–H groups in total. The molecule has 0 fully saturated rings. The van der Waals surface area contributed by atoms with Gasteiger partial charge in [0.05, 0.1) is 18.4 Å². The highest BCUT2D eigenvalue weighted by atomic mass is 16.5. The van der Waals surface area contributed by atoms with Crippen molar-refractivity contribution < 1.29 is 9.47 Å². The summed E-state index contributed by atoms with van der Waals surface area (Å²) in [5.74, 6) is 1.25. The number of anilines is 1. The van der Waals surface area contributed by atoms with Gasteiger partial charge >= 0.3 is 0 Å². The Morgan fingerprint density at radius 3 is 2.89 bits per heavy atom. The van der Waals surface area contributed by atoms with Crippen LogP contribution in [0.3, 0.4) is 0 Å². The molecule has 1 aromatic heterocycles. The predicted molar refractivity (Wildman–Crippen MR) is 70.7 cm³/mol. The third-order valence-corrected chi connectivity index (χ3v) is 2.60. The van der Waals surface area contributed by atoms with Crippen molar-refractivity contribution in [1.29, 1.82) is 0 Å². The zero-order valence-corrected chi connectivity index (χ0v) is 10.5. The molecule has 0 bridgehead atoms. The minimum absolute atomic E-state index is 0.380. The van der Waals surface area contributed by atoms with Crippen molar-refractivity contribution in [3.8, 4) is 11.6 Å². The van der Waals surface area contributed by atoms with Crippen molar-refractivity contribution in [2.75, 3.05) is 12.8 Å². The van der Waals surface area contributed by atoms with Gasteiger partial charge in [0.25, 0.3) is 0 Å². The van der Waals surface area contributed by atoms with E-state index in [0.717, 1.165) is 11.1 Å². The topological polar surface area (TPSA) is 57.4 Å². The summed E-state index contributed by atoms with van der Waals surface area (Å²) in [7, 11) is 1.59. The van der Waals surface area contributed by atoms with Crippen molar-refractivity contribution >= 4 is 5.69 Å². The number of pyridine rings is 1. The lowest BCUT2D eigenvalue weighted by molar-refractivity contribution is 0.295. The largest absolute Gasteiger partial charge is 0.487 e. The van der Waals surface area contributed by atoms with Crippen LogP contribution < -0.4 is 15.2 Å². The van der Waals surface area contributed by atoms with Crippen LogP contribution >= 0.6 is 0 Å². The van der Waals surface area contributed by atoms with E-state index in [0.29, 0.717) is 23.9 Å². The number of hydrogen-bond acceptors (Lipinski definition) is 4. The maximum atomic E-state index is 5.85. The second kappa shape index (κ2) is 5.40. The zero-order valence-electron chi connectivity index (χ0n) is 10.5. The van der Waals surface area contributed by atoms with Crippen LogP contribution in [0.2, 0.25) is 0 Å². The van der Waals surface area contributed by atoms with E-state index >= 15 is 0 Å². The number of benzene rings is 1. The first-order valence-corrected chi connectivity index (χ1v) is 5.67. The van der Waals surface area contributed by atoms with Gasteiger partial charge in [-0.1, -0.05) is 6.07 Å². The van der Waals surface area contributed by atoms with Crippen molar-refractivity contribution in [3.05, 3.63) is 47.7 Å². The SMILES string of the molecule is COc1ncccc1COc1cc(C)ccc1N. The van der Waals surface area contributed by atoms with E-state index in [2.05, 4.69) is 4.98 Å². The normalized spacial score (nSPS) is 10.1. The lowest BCUT2D eigenvalue weighted by Crippen LogP contribution is -2.02. The molecule has 0 radical (unpaired) electrons. The Balaban J connectivity index is 2.14. The van der Waals surface area contributed by atoms with Crippen LogP contribution in [0.1, 0.15) is 11.1 Å². The van der Waals surface area contributed by atoms with Gasteiger partial charge < -0.3 is 15.2 Å². The van der Waals surface area contributed by atoms with Gasteiger partial charge in [0.2, 0.25) is 5.88 Å². The van der Waals surface area contributed by atoms with Gasteiger partial charge in [-0.3, -0.25) is 0 Å². The van der Waals surface area contributed by atoms with E-state index in [9.17, 15) is 0 Å². The van der Waals surface area contributed by atoms with Gasteiger partial charge in [-0.05, 0) is 36.8 Å². The van der Waals surface area contributed by atoms with E-state index in [-0.39, 0.29) is 0 Å². The number of aromatic nitrogens is 1. The van der Waals surface area contributed by atoms with Crippen molar-refractivity contribution in [2.45, 2.75) is 13.5 Å². The zero-order chi connectivity index (χ0) is 13.0. The summed E-state index contributed by atoms with van der Waals surface area (Å²) in [5, 5.41) is 0. The molecule has 0 unspecified atom stereocenters. The average Bonchev–Trinajstić information content (AvgIpc) is 2.40. The highest BCUT2D eigenvalue weighted by molar-refractivity contribution is 5.53. The first-order valence-electron chi connectivity index (χ1n) is 5.67. The fraction of sp³-hybridized carbons (Fsp3) is 0.214. The molecule has 94 valence electrons. The Morgan fingerprint density at radius 2 is 2.11 bits per heavy atom. The fourth-order valence-corrected chi connectivity index (χ4v) is 1.64. The first kappa shape index (κ1) is 12.2. The molecule has 2 aromatic rings. The molecule has 2 rings (SSSR count). The van der Waals surface area contributed by atoms with Gasteiger partial charge in [0.1, 0.15) is 12.4 Å². The van der Waals surface area contributed by atoms with Crippen LogP contribution in [-0.2, 0) is 6.61 Å². The average molecular weight is 244 g/mol. The molecule has 0 aliphatic rings. The molecule has 0 saturated heterocycles. The number of nitrogens with two attached hydrogens (primary N) is 1. The summed E-state index contributed by atoms with van der Waals surface area (Å²) in [6.45, 7) is 2.38. The minimum Gasteiger partial charge on any atom is -0.487 e. The second-order valence-electron chi connectivity index (χ2n) is 4.00. The van der Waals surface area contributed by atoms with Crippen LogP contribution in [0.5, 0.6) is 11.6 Å². The van der Waals surface area contributed by atoms with E-state index in [4.69, 9.17) is 15.2 Å².